The number of carbonyl (C=O) groups is 1. The Bertz CT molecular complexity index is 1290. The fraction of sp³-hybridized carbons (Fsp3) is 0.158. The van der Waals surface area contributed by atoms with Gasteiger partial charge in [-0.05, 0) is 40.5 Å². The number of benzene rings is 1. The van der Waals surface area contributed by atoms with Gasteiger partial charge in [0.2, 0.25) is 0 Å². The van der Waals surface area contributed by atoms with E-state index in [1.54, 1.807) is 17.8 Å². The summed E-state index contributed by atoms with van der Waals surface area (Å²) in [4.78, 5) is 23.2. The Morgan fingerprint density at radius 1 is 1.19 bits per heavy atom. The molecule has 0 bridgehead atoms. The molecule has 3 heterocycles. The van der Waals surface area contributed by atoms with E-state index >= 15 is 0 Å². The van der Waals surface area contributed by atoms with Gasteiger partial charge < -0.3 is 9.84 Å². The Morgan fingerprint density at radius 2 is 1.94 bits per heavy atom. The third-order valence-corrected chi connectivity index (χ3v) is 5.67. The summed E-state index contributed by atoms with van der Waals surface area (Å²) in [5, 5.41) is 25.8. The van der Waals surface area contributed by atoms with Gasteiger partial charge in [0.05, 0.1) is 22.5 Å². The van der Waals surface area contributed by atoms with Crippen LogP contribution in [0.1, 0.15) is 27.4 Å². The van der Waals surface area contributed by atoms with E-state index in [1.807, 2.05) is 24.3 Å². The van der Waals surface area contributed by atoms with Gasteiger partial charge in [-0.2, -0.15) is 10.2 Å². The van der Waals surface area contributed by atoms with Gasteiger partial charge >= 0.3 is 5.69 Å². The molecule has 0 spiro atoms. The number of hydrogen-bond acceptors (Lipinski definition) is 7. The Morgan fingerprint density at radius 3 is 2.62 bits per heavy atom. The minimum atomic E-state index is -0.542. The van der Waals surface area contributed by atoms with Crippen LogP contribution in [0.2, 0.25) is 0 Å². The predicted molar refractivity (Wildman–Crippen MR) is 120 cm³/mol. The smallest absolute Gasteiger partial charge is 0.307 e. The number of halogens is 2. The maximum Gasteiger partial charge on any atom is 0.307 e. The second-order valence-electron chi connectivity index (χ2n) is 6.82. The van der Waals surface area contributed by atoms with Crippen molar-refractivity contribution >= 4 is 49.3 Å². The van der Waals surface area contributed by atoms with Crippen molar-refractivity contribution in [3.63, 3.8) is 0 Å². The summed E-state index contributed by atoms with van der Waals surface area (Å²) >= 11 is 6.82. The summed E-state index contributed by atoms with van der Waals surface area (Å²) in [6.07, 6.45) is 4.17. The highest BCUT2D eigenvalue weighted by atomic mass is 79.9. The molecule has 0 aliphatic carbocycles. The van der Waals surface area contributed by atoms with Gasteiger partial charge in [0.25, 0.3) is 5.91 Å². The zero-order valence-electron chi connectivity index (χ0n) is 16.5. The minimum absolute atomic E-state index is 0.0509. The van der Waals surface area contributed by atoms with Crippen LogP contribution in [0.3, 0.4) is 0 Å². The van der Waals surface area contributed by atoms with Crippen molar-refractivity contribution in [2.75, 3.05) is 5.32 Å². The Balaban J connectivity index is 1.50. The van der Waals surface area contributed by atoms with Crippen LogP contribution in [0.25, 0.3) is 0 Å². The molecule has 4 rings (SSSR count). The molecule has 0 aliphatic rings. The zero-order chi connectivity index (χ0) is 22.8. The highest BCUT2D eigenvalue weighted by Gasteiger charge is 2.23. The van der Waals surface area contributed by atoms with E-state index in [2.05, 4.69) is 52.5 Å². The molecule has 4 aromatic rings. The highest BCUT2D eigenvalue weighted by molar-refractivity contribution is 9.10. The van der Waals surface area contributed by atoms with E-state index in [0.717, 1.165) is 16.2 Å². The number of nitro groups is 1. The first-order valence-corrected chi connectivity index (χ1v) is 10.8. The van der Waals surface area contributed by atoms with Gasteiger partial charge in [-0.1, -0.05) is 33.2 Å². The summed E-state index contributed by atoms with van der Waals surface area (Å²) in [5.74, 6) is 0.217. The van der Waals surface area contributed by atoms with E-state index in [-0.39, 0.29) is 17.9 Å². The lowest BCUT2D eigenvalue weighted by Crippen LogP contribution is -2.17. The molecule has 0 atom stereocenters. The summed E-state index contributed by atoms with van der Waals surface area (Å²) in [5.41, 5.74) is 1.41. The molecule has 164 valence electrons. The quantitative estimate of drug-likeness (QED) is 0.263. The summed E-state index contributed by atoms with van der Waals surface area (Å²) < 4.78 is 9.81. The molecule has 1 aromatic carbocycles. The highest BCUT2D eigenvalue weighted by Crippen LogP contribution is 2.23. The van der Waals surface area contributed by atoms with Gasteiger partial charge in [-0.3, -0.25) is 24.3 Å². The molecule has 1 N–H and O–H groups in total. The topological polar surface area (TPSA) is 134 Å². The fourth-order valence-electron chi connectivity index (χ4n) is 2.96. The van der Waals surface area contributed by atoms with E-state index in [9.17, 15) is 14.9 Å². The van der Waals surface area contributed by atoms with E-state index in [1.165, 1.54) is 10.9 Å². The van der Waals surface area contributed by atoms with Crippen molar-refractivity contribution < 1.29 is 14.2 Å². The molecule has 3 aromatic heterocycles. The molecular formula is C19H15Br2N7O4. The standard InChI is InChI=1S/C19H15Br2N7O4/c1-11-15(9-26-8-14(6-22-26)28(30)31)17(25-32-11)19(29)23-18-16(21)10-27(24-18)7-12-2-4-13(20)5-3-12/h2-6,8,10H,7,9H2,1H3,(H,23,24,29). The minimum Gasteiger partial charge on any atom is -0.361 e. The van der Waals surface area contributed by atoms with Crippen molar-refractivity contribution in [1.82, 2.24) is 24.7 Å². The molecule has 0 fully saturated rings. The molecule has 1 amide bonds. The Hall–Kier alpha value is -3.32. The van der Waals surface area contributed by atoms with Crippen molar-refractivity contribution in [1.29, 1.82) is 0 Å². The third kappa shape index (κ3) is 4.78. The van der Waals surface area contributed by atoms with Crippen LogP contribution < -0.4 is 5.32 Å². The summed E-state index contributed by atoms with van der Waals surface area (Å²) in [6.45, 7) is 2.26. The number of carbonyl (C=O) groups excluding carboxylic acids is 1. The van der Waals surface area contributed by atoms with Crippen LogP contribution in [0.5, 0.6) is 0 Å². The average molecular weight is 565 g/mol. The lowest BCUT2D eigenvalue weighted by atomic mass is 10.2. The maximum atomic E-state index is 12.9. The number of hydrogen-bond donors (Lipinski definition) is 1. The number of nitrogens with zero attached hydrogens (tertiary/aromatic N) is 6. The molecule has 0 saturated heterocycles. The lowest BCUT2D eigenvalue weighted by molar-refractivity contribution is -0.385. The average Bonchev–Trinajstić information content (AvgIpc) is 3.45. The molecule has 0 radical (unpaired) electrons. The first-order valence-electron chi connectivity index (χ1n) is 9.21. The van der Waals surface area contributed by atoms with Crippen LogP contribution >= 0.6 is 31.9 Å². The van der Waals surface area contributed by atoms with E-state index in [0.29, 0.717) is 28.2 Å². The normalized spacial score (nSPS) is 11.0. The number of aromatic nitrogens is 5. The van der Waals surface area contributed by atoms with Gasteiger partial charge in [0.15, 0.2) is 11.5 Å². The maximum absolute atomic E-state index is 12.9. The molecule has 0 unspecified atom stereocenters. The van der Waals surface area contributed by atoms with Crippen LogP contribution in [-0.2, 0) is 13.1 Å². The van der Waals surface area contributed by atoms with Gasteiger partial charge in [-0.25, -0.2) is 0 Å². The van der Waals surface area contributed by atoms with E-state index < -0.39 is 10.8 Å². The van der Waals surface area contributed by atoms with E-state index in [4.69, 9.17) is 4.52 Å². The summed E-state index contributed by atoms with van der Waals surface area (Å²) in [6, 6.07) is 7.84. The van der Waals surface area contributed by atoms with Crippen LogP contribution in [0.4, 0.5) is 11.5 Å². The SMILES string of the molecule is Cc1onc(C(=O)Nc2nn(Cc3ccc(Br)cc3)cc2Br)c1Cn1cc([N+](=O)[O-])cn1. The molecule has 13 heteroatoms. The number of amides is 1. The number of rotatable bonds is 7. The van der Waals surface area contributed by atoms with Crippen LogP contribution in [0, 0.1) is 17.0 Å². The number of nitrogens with one attached hydrogen (secondary N) is 1. The van der Waals surface area contributed by atoms with Crippen molar-refractivity contribution in [2.45, 2.75) is 20.0 Å². The van der Waals surface area contributed by atoms with Crippen molar-refractivity contribution in [2.24, 2.45) is 0 Å². The molecule has 11 nitrogen and oxygen atoms in total. The summed E-state index contributed by atoms with van der Waals surface area (Å²) in [7, 11) is 0. The van der Waals surface area contributed by atoms with Crippen LogP contribution in [-0.4, -0.2) is 35.5 Å². The number of anilines is 1. The first-order chi connectivity index (χ1) is 15.3. The first kappa shape index (κ1) is 21.9. The van der Waals surface area contributed by atoms with Crippen molar-refractivity contribution in [3.8, 4) is 0 Å². The molecule has 0 aliphatic heterocycles. The molecule has 0 saturated carbocycles. The zero-order valence-corrected chi connectivity index (χ0v) is 19.7. The molecule has 32 heavy (non-hydrogen) atoms. The third-order valence-electron chi connectivity index (χ3n) is 4.56. The fourth-order valence-corrected chi connectivity index (χ4v) is 3.64. The van der Waals surface area contributed by atoms with Gasteiger partial charge in [0.1, 0.15) is 18.2 Å². The second-order valence-corrected chi connectivity index (χ2v) is 8.59. The monoisotopic (exact) mass is 563 g/mol. The van der Waals surface area contributed by atoms with Gasteiger partial charge in [-0.15, -0.1) is 0 Å². The predicted octanol–water partition coefficient (Wildman–Crippen LogP) is 4.16. The molecular weight excluding hydrogens is 550 g/mol. The number of aryl methyl sites for hydroxylation is 1. The lowest BCUT2D eigenvalue weighted by Gasteiger charge is -2.04. The largest absolute Gasteiger partial charge is 0.361 e. The second kappa shape index (κ2) is 9.04. The van der Waals surface area contributed by atoms with Crippen LogP contribution in [0.15, 0.2) is 56.3 Å². The Labute approximate surface area is 197 Å². The van der Waals surface area contributed by atoms with Gasteiger partial charge in [0, 0.05) is 16.2 Å². The van der Waals surface area contributed by atoms with Crippen molar-refractivity contribution in [3.05, 3.63) is 84.5 Å². The Kier molecular flexibility index (Phi) is 6.19.